The maximum Gasteiger partial charge on any atom is 0.228 e. The molecule has 0 spiro atoms. The second-order valence-electron chi connectivity index (χ2n) is 7.24. The molecule has 0 atom stereocenters. The van der Waals surface area contributed by atoms with E-state index in [2.05, 4.69) is 31.1 Å². The minimum atomic E-state index is -0.0936. The van der Waals surface area contributed by atoms with E-state index < -0.39 is 0 Å². The summed E-state index contributed by atoms with van der Waals surface area (Å²) in [5, 5.41) is 21.8. The molecule has 1 saturated heterocycles. The van der Waals surface area contributed by atoms with Crippen LogP contribution in [-0.2, 0) is 4.79 Å². The molecule has 0 radical (unpaired) electrons. The molecule has 1 aromatic carbocycles. The Morgan fingerprint density at radius 3 is 2.75 bits per heavy atom. The molecule has 2 heterocycles. The van der Waals surface area contributed by atoms with Gasteiger partial charge in [-0.25, -0.2) is 0 Å². The molecule has 1 N–H and O–H groups in total. The van der Waals surface area contributed by atoms with Crippen LogP contribution in [0, 0.1) is 11.3 Å². The Hall–Kier alpha value is -2.53. The van der Waals surface area contributed by atoms with E-state index >= 15 is 0 Å². The fraction of sp³-hybridized carbons (Fsp3) is 0.500. The van der Waals surface area contributed by atoms with Crippen molar-refractivity contribution in [3.05, 3.63) is 29.8 Å². The van der Waals surface area contributed by atoms with Crippen molar-refractivity contribution in [2.24, 2.45) is 0 Å². The van der Waals surface area contributed by atoms with Crippen LogP contribution in [0.1, 0.15) is 50.1 Å². The molecule has 2 aromatic rings. The summed E-state index contributed by atoms with van der Waals surface area (Å²) in [5.41, 5.74) is 1.04. The number of carbonyl (C=O) groups is 1. The minimum absolute atomic E-state index is 0.0936. The number of thioether (sulfide) groups is 1. The molecule has 4 rings (SSSR count). The van der Waals surface area contributed by atoms with Gasteiger partial charge in [0.1, 0.15) is 6.07 Å². The average molecular weight is 397 g/mol. The van der Waals surface area contributed by atoms with Gasteiger partial charge in [0.05, 0.1) is 11.3 Å². The van der Waals surface area contributed by atoms with Crippen LogP contribution in [0.4, 0.5) is 11.6 Å². The highest BCUT2D eigenvalue weighted by Crippen LogP contribution is 2.41. The Morgan fingerprint density at radius 1 is 1.21 bits per heavy atom. The van der Waals surface area contributed by atoms with Crippen molar-refractivity contribution in [3.8, 4) is 6.07 Å². The summed E-state index contributed by atoms with van der Waals surface area (Å²) < 4.78 is 2.28. The molecule has 28 heavy (non-hydrogen) atoms. The number of aromatic nitrogens is 3. The van der Waals surface area contributed by atoms with Gasteiger partial charge in [-0.3, -0.25) is 9.36 Å². The SMILES string of the molecule is N#Cc1ccccc1NC(=O)CCSc1nnc(N2CCCCC2)n1C1CC1. The number of nitrogens with zero attached hydrogens (tertiary/aromatic N) is 5. The number of hydrogen-bond acceptors (Lipinski definition) is 6. The monoisotopic (exact) mass is 396 g/mol. The zero-order chi connectivity index (χ0) is 19.3. The number of amides is 1. The molecule has 7 nitrogen and oxygen atoms in total. The molecular formula is C20H24N6OS. The Kier molecular flexibility index (Phi) is 5.81. The maximum absolute atomic E-state index is 12.3. The Morgan fingerprint density at radius 2 is 2.00 bits per heavy atom. The summed E-state index contributed by atoms with van der Waals surface area (Å²) in [6, 6.07) is 9.65. The lowest BCUT2D eigenvalue weighted by molar-refractivity contribution is -0.115. The van der Waals surface area contributed by atoms with E-state index in [-0.39, 0.29) is 5.91 Å². The van der Waals surface area contributed by atoms with Crippen molar-refractivity contribution >= 4 is 29.3 Å². The number of piperidine rings is 1. The van der Waals surface area contributed by atoms with E-state index in [0.717, 1.165) is 24.2 Å². The number of para-hydroxylation sites is 1. The number of rotatable bonds is 7. The van der Waals surface area contributed by atoms with Gasteiger partial charge in [-0.05, 0) is 44.2 Å². The molecule has 146 valence electrons. The summed E-state index contributed by atoms with van der Waals surface area (Å²) in [7, 11) is 0. The van der Waals surface area contributed by atoms with Crippen molar-refractivity contribution in [2.45, 2.75) is 49.7 Å². The normalized spacial score (nSPS) is 16.6. The molecule has 2 aliphatic rings. The van der Waals surface area contributed by atoms with Crippen LogP contribution < -0.4 is 10.2 Å². The molecule has 1 saturated carbocycles. The quantitative estimate of drug-likeness (QED) is 0.720. The van der Waals surface area contributed by atoms with Gasteiger partial charge in [0.25, 0.3) is 0 Å². The molecule has 1 aliphatic carbocycles. The van der Waals surface area contributed by atoms with E-state index in [1.807, 2.05) is 6.07 Å². The minimum Gasteiger partial charge on any atom is -0.341 e. The zero-order valence-corrected chi connectivity index (χ0v) is 16.6. The van der Waals surface area contributed by atoms with Crippen LogP contribution >= 0.6 is 11.8 Å². The van der Waals surface area contributed by atoms with Crippen molar-refractivity contribution < 1.29 is 4.79 Å². The third-order valence-electron chi connectivity index (χ3n) is 5.08. The molecule has 1 aliphatic heterocycles. The molecule has 1 aromatic heterocycles. The van der Waals surface area contributed by atoms with E-state index in [0.29, 0.717) is 29.5 Å². The van der Waals surface area contributed by atoms with E-state index in [4.69, 9.17) is 5.26 Å². The fourth-order valence-corrected chi connectivity index (χ4v) is 4.41. The van der Waals surface area contributed by atoms with Gasteiger partial charge >= 0.3 is 0 Å². The van der Waals surface area contributed by atoms with Gasteiger partial charge in [-0.15, -0.1) is 10.2 Å². The number of nitriles is 1. The highest BCUT2D eigenvalue weighted by molar-refractivity contribution is 7.99. The van der Waals surface area contributed by atoms with Crippen LogP contribution in [0.2, 0.25) is 0 Å². The average Bonchev–Trinajstić information content (AvgIpc) is 3.48. The lowest BCUT2D eigenvalue weighted by Crippen LogP contribution is -2.31. The largest absolute Gasteiger partial charge is 0.341 e. The van der Waals surface area contributed by atoms with Crippen molar-refractivity contribution in [2.75, 3.05) is 29.1 Å². The molecule has 0 bridgehead atoms. The summed E-state index contributed by atoms with van der Waals surface area (Å²) in [5.74, 6) is 1.53. The van der Waals surface area contributed by atoms with Gasteiger partial charge in [0.2, 0.25) is 11.9 Å². The first-order valence-electron chi connectivity index (χ1n) is 9.88. The lowest BCUT2D eigenvalue weighted by atomic mass is 10.1. The van der Waals surface area contributed by atoms with Gasteiger partial charge < -0.3 is 10.2 Å². The summed E-state index contributed by atoms with van der Waals surface area (Å²) in [6.07, 6.45) is 6.44. The Labute approximate surface area is 169 Å². The third kappa shape index (κ3) is 4.30. The topological polar surface area (TPSA) is 86.8 Å². The molecule has 8 heteroatoms. The van der Waals surface area contributed by atoms with Crippen LogP contribution in [0.15, 0.2) is 29.4 Å². The number of anilines is 2. The first kappa shape index (κ1) is 18.8. The van der Waals surface area contributed by atoms with Crippen LogP contribution in [0.3, 0.4) is 0 Å². The van der Waals surface area contributed by atoms with Crippen LogP contribution in [0.25, 0.3) is 0 Å². The highest BCUT2D eigenvalue weighted by atomic mass is 32.2. The predicted molar refractivity (Wildman–Crippen MR) is 109 cm³/mol. The smallest absolute Gasteiger partial charge is 0.228 e. The highest BCUT2D eigenvalue weighted by Gasteiger charge is 2.32. The van der Waals surface area contributed by atoms with Crippen molar-refractivity contribution in [1.82, 2.24) is 14.8 Å². The summed E-state index contributed by atoms with van der Waals surface area (Å²) in [6.45, 7) is 2.10. The molecular weight excluding hydrogens is 372 g/mol. The van der Waals surface area contributed by atoms with Crippen molar-refractivity contribution in [1.29, 1.82) is 5.26 Å². The predicted octanol–water partition coefficient (Wildman–Crippen LogP) is 3.60. The van der Waals surface area contributed by atoms with E-state index in [1.54, 1.807) is 30.0 Å². The van der Waals surface area contributed by atoms with E-state index in [9.17, 15) is 4.79 Å². The number of nitrogens with one attached hydrogen (secondary N) is 1. The number of benzene rings is 1. The summed E-state index contributed by atoms with van der Waals surface area (Å²) >= 11 is 1.59. The second-order valence-corrected chi connectivity index (χ2v) is 8.30. The molecule has 1 amide bonds. The lowest BCUT2D eigenvalue weighted by Gasteiger charge is -2.27. The summed E-state index contributed by atoms with van der Waals surface area (Å²) in [4.78, 5) is 14.6. The maximum atomic E-state index is 12.3. The van der Waals surface area contributed by atoms with Gasteiger partial charge in [0.15, 0.2) is 5.16 Å². The van der Waals surface area contributed by atoms with Crippen LogP contribution in [0.5, 0.6) is 0 Å². The Bertz CT molecular complexity index is 879. The molecule has 0 unspecified atom stereocenters. The second kappa shape index (κ2) is 8.65. The molecule has 2 fully saturated rings. The van der Waals surface area contributed by atoms with Gasteiger partial charge in [0, 0.05) is 31.3 Å². The van der Waals surface area contributed by atoms with Gasteiger partial charge in [-0.1, -0.05) is 23.9 Å². The third-order valence-corrected chi connectivity index (χ3v) is 6.02. The first-order chi connectivity index (χ1) is 13.8. The van der Waals surface area contributed by atoms with Crippen LogP contribution in [-0.4, -0.2) is 39.5 Å². The van der Waals surface area contributed by atoms with Gasteiger partial charge in [-0.2, -0.15) is 5.26 Å². The Balaban J connectivity index is 1.35. The zero-order valence-electron chi connectivity index (χ0n) is 15.8. The van der Waals surface area contributed by atoms with Crippen molar-refractivity contribution in [3.63, 3.8) is 0 Å². The standard InChI is InChI=1S/C20H24N6OS/c21-14-15-6-2-3-7-17(15)22-18(27)10-13-28-20-24-23-19(26(20)16-8-9-16)25-11-4-1-5-12-25/h2-3,6-7,16H,1,4-5,8-13H2,(H,22,27). The van der Waals surface area contributed by atoms with E-state index in [1.165, 1.54) is 32.1 Å². The first-order valence-corrected chi connectivity index (χ1v) is 10.9. The number of carbonyl (C=O) groups excluding carboxylic acids is 1. The fourth-order valence-electron chi connectivity index (χ4n) is 3.47. The number of hydrogen-bond donors (Lipinski definition) is 1.